The first kappa shape index (κ1) is 11.5. The quantitative estimate of drug-likeness (QED) is 0.794. The molecule has 3 rings (SSSR count). The second kappa shape index (κ2) is 4.61. The van der Waals surface area contributed by atoms with Crippen molar-refractivity contribution in [3.8, 4) is 5.75 Å². The van der Waals surface area contributed by atoms with Crippen LogP contribution >= 0.6 is 0 Å². The zero-order chi connectivity index (χ0) is 12.5. The van der Waals surface area contributed by atoms with E-state index in [0.717, 1.165) is 37.5 Å². The predicted octanol–water partition coefficient (Wildman–Crippen LogP) is 0.730. The summed E-state index contributed by atoms with van der Waals surface area (Å²) in [6.07, 6.45) is 0.389. The largest absolute Gasteiger partial charge is 0.480 e. The van der Waals surface area contributed by atoms with E-state index in [1.807, 2.05) is 17.0 Å². The molecule has 18 heavy (non-hydrogen) atoms. The summed E-state index contributed by atoms with van der Waals surface area (Å²) in [5.74, 6) is 0.999. The van der Waals surface area contributed by atoms with Crippen LogP contribution in [0.3, 0.4) is 0 Å². The Hall–Kier alpha value is -1.55. The van der Waals surface area contributed by atoms with Crippen LogP contribution in [0.2, 0.25) is 0 Å². The first-order valence-electron chi connectivity index (χ1n) is 6.50. The minimum atomic E-state index is -0.320. The number of piperazine rings is 1. The summed E-state index contributed by atoms with van der Waals surface area (Å²) in [7, 11) is 0. The molecule has 96 valence electrons. The molecule has 1 amide bonds. The van der Waals surface area contributed by atoms with Crippen LogP contribution in [0.1, 0.15) is 11.1 Å². The van der Waals surface area contributed by atoms with Gasteiger partial charge in [0.15, 0.2) is 6.10 Å². The first-order valence-corrected chi connectivity index (χ1v) is 6.50. The average molecular weight is 246 g/mol. The molecule has 2 heterocycles. The maximum atomic E-state index is 12.3. The van der Waals surface area contributed by atoms with Crippen LogP contribution in [0.25, 0.3) is 0 Å². The fourth-order valence-electron chi connectivity index (χ4n) is 2.60. The van der Waals surface area contributed by atoms with E-state index in [-0.39, 0.29) is 12.0 Å². The number of amides is 1. The summed E-state index contributed by atoms with van der Waals surface area (Å²) in [4.78, 5) is 14.2. The zero-order valence-electron chi connectivity index (χ0n) is 10.6. The minimum absolute atomic E-state index is 0.130. The third kappa shape index (κ3) is 2.08. The second-order valence-corrected chi connectivity index (χ2v) is 5.00. The Morgan fingerprint density at radius 1 is 1.39 bits per heavy atom. The third-order valence-electron chi connectivity index (χ3n) is 3.59. The number of rotatable bonds is 1. The molecule has 1 fully saturated rings. The average Bonchev–Trinajstić information content (AvgIpc) is 2.81. The van der Waals surface area contributed by atoms with Crippen molar-refractivity contribution in [2.75, 3.05) is 26.2 Å². The van der Waals surface area contributed by atoms with E-state index < -0.39 is 0 Å². The number of hydrogen-bond donors (Lipinski definition) is 1. The number of aryl methyl sites for hydroxylation is 1. The number of nitrogens with zero attached hydrogens (tertiary/aromatic N) is 1. The lowest BCUT2D eigenvalue weighted by Crippen LogP contribution is -2.50. The third-order valence-corrected chi connectivity index (χ3v) is 3.59. The maximum Gasteiger partial charge on any atom is 0.264 e. The fourth-order valence-corrected chi connectivity index (χ4v) is 2.60. The van der Waals surface area contributed by atoms with Crippen molar-refractivity contribution in [3.05, 3.63) is 29.3 Å². The number of ether oxygens (including phenoxy) is 1. The minimum Gasteiger partial charge on any atom is -0.480 e. The summed E-state index contributed by atoms with van der Waals surface area (Å²) in [6.45, 7) is 5.39. The molecule has 1 unspecified atom stereocenters. The van der Waals surface area contributed by atoms with Gasteiger partial charge in [-0.3, -0.25) is 4.79 Å². The number of fused-ring (bicyclic) bond motifs is 1. The molecule has 0 bridgehead atoms. The van der Waals surface area contributed by atoms with E-state index in [0.29, 0.717) is 6.42 Å². The van der Waals surface area contributed by atoms with Gasteiger partial charge in [0, 0.05) is 32.6 Å². The Kier molecular flexibility index (Phi) is 2.96. The molecule has 1 aromatic carbocycles. The lowest BCUT2D eigenvalue weighted by molar-refractivity contribution is -0.138. The topological polar surface area (TPSA) is 41.6 Å². The van der Waals surface area contributed by atoms with Crippen LogP contribution in [-0.4, -0.2) is 43.1 Å². The van der Waals surface area contributed by atoms with Gasteiger partial charge in [-0.2, -0.15) is 0 Å². The first-order chi connectivity index (χ1) is 8.74. The molecule has 2 aliphatic rings. The van der Waals surface area contributed by atoms with E-state index >= 15 is 0 Å². The molecule has 2 aliphatic heterocycles. The molecule has 1 atom stereocenters. The van der Waals surface area contributed by atoms with Crippen molar-refractivity contribution in [1.82, 2.24) is 10.2 Å². The number of carbonyl (C=O) groups is 1. The highest BCUT2D eigenvalue weighted by Gasteiger charge is 2.32. The Labute approximate surface area is 107 Å². The van der Waals surface area contributed by atoms with E-state index in [9.17, 15) is 4.79 Å². The van der Waals surface area contributed by atoms with Crippen molar-refractivity contribution in [2.24, 2.45) is 0 Å². The molecule has 0 aliphatic carbocycles. The molecule has 1 aromatic rings. The highest BCUT2D eigenvalue weighted by Crippen LogP contribution is 2.30. The standard InChI is InChI=1S/C14H18N2O2/c1-10-2-3-12-11(8-10)9-13(18-12)14(17)16-6-4-15-5-7-16/h2-3,8,13,15H,4-7,9H2,1H3. The Balaban J connectivity index is 1.71. The van der Waals surface area contributed by atoms with Gasteiger partial charge >= 0.3 is 0 Å². The van der Waals surface area contributed by atoms with Gasteiger partial charge in [-0.25, -0.2) is 0 Å². The van der Waals surface area contributed by atoms with Crippen molar-refractivity contribution in [3.63, 3.8) is 0 Å². The van der Waals surface area contributed by atoms with Gasteiger partial charge in [-0.15, -0.1) is 0 Å². The number of nitrogens with one attached hydrogen (secondary N) is 1. The normalized spacial score (nSPS) is 22.5. The van der Waals surface area contributed by atoms with Gasteiger partial charge in [0.25, 0.3) is 5.91 Å². The smallest absolute Gasteiger partial charge is 0.264 e. The number of carbonyl (C=O) groups excluding carboxylic acids is 1. The van der Waals surface area contributed by atoms with Gasteiger partial charge in [0.1, 0.15) is 5.75 Å². The van der Waals surface area contributed by atoms with E-state index in [1.165, 1.54) is 5.56 Å². The van der Waals surface area contributed by atoms with E-state index in [4.69, 9.17) is 4.74 Å². The highest BCUT2D eigenvalue weighted by molar-refractivity contribution is 5.82. The summed E-state index contributed by atoms with van der Waals surface area (Å²) < 4.78 is 5.77. The van der Waals surface area contributed by atoms with E-state index in [2.05, 4.69) is 18.3 Å². The maximum absolute atomic E-state index is 12.3. The highest BCUT2D eigenvalue weighted by atomic mass is 16.5. The molecule has 1 saturated heterocycles. The second-order valence-electron chi connectivity index (χ2n) is 5.00. The molecule has 0 aromatic heterocycles. The van der Waals surface area contributed by atoms with Crippen molar-refractivity contribution < 1.29 is 9.53 Å². The van der Waals surface area contributed by atoms with Crippen molar-refractivity contribution in [1.29, 1.82) is 0 Å². The van der Waals surface area contributed by atoms with Gasteiger partial charge in [-0.1, -0.05) is 17.7 Å². The van der Waals surface area contributed by atoms with Crippen molar-refractivity contribution >= 4 is 5.91 Å². The van der Waals surface area contributed by atoms with Crippen LogP contribution < -0.4 is 10.1 Å². The Morgan fingerprint density at radius 3 is 2.94 bits per heavy atom. The summed E-state index contributed by atoms with van der Waals surface area (Å²) in [6, 6.07) is 6.10. The van der Waals surface area contributed by atoms with Gasteiger partial charge in [0.2, 0.25) is 0 Å². The Bertz CT molecular complexity index is 467. The van der Waals surface area contributed by atoms with Crippen LogP contribution in [0.4, 0.5) is 0 Å². The van der Waals surface area contributed by atoms with Gasteiger partial charge < -0.3 is 15.0 Å². The number of benzene rings is 1. The van der Waals surface area contributed by atoms with E-state index in [1.54, 1.807) is 0 Å². The Morgan fingerprint density at radius 2 is 2.17 bits per heavy atom. The summed E-state index contributed by atoms with van der Waals surface area (Å²) in [5, 5.41) is 3.25. The molecule has 0 saturated carbocycles. The number of hydrogen-bond acceptors (Lipinski definition) is 3. The molecular weight excluding hydrogens is 228 g/mol. The van der Waals surface area contributed by atoms with Gasteiger partial charge in [0.05, 0.1) is 0 Å². The summed E-state index contributed by atoms with van der Waals surface area (Å²) >= 11 is 0. The van der Waals surface area contributed by atoms with Crippen LogP contribution in [0.5, 0.6) is 5.75 Å². The molecule has 0 radical (unpaired) electrons. The molecule has 0 spiro atoms. The molecule has 1 N–H and O–H groups in total. The van der Waals surface area contributed by atoms with Gasteiger partial charge in [-0.05, 0) is 18.6 Å². The lowest BCUT2D eigenvalue weighted by Gasteiger charge is -2.29. The van der Waals surface area contributed by atoms with Crippen LogP contribution in [-0.2, 0) is 11.2 Å². The van der Waals surface area contributed by atoms with Crippen molar-refractivity contribution in [2.45, 2.75) is 19.4 Å². The lowest BCUT2D eigenvalue weighted by atomic mass is 10.1. The molecular formula is C14H18N2O2. The monoisotopic (exact) mass is 246 g/mol. The molecule has 4 heteroatoms. The summed E-state index contributed by atoms with van der Waals surface area (Å²) in [5.41, 5.74) is 2.37. The zero-order valence-corrected chi connectivity index (χ0v) is 10.6. The SMILES string of the molecule is Cc1ccc2c(c1)CC(C(=O)N1CCNCC1)O2. The fraction of sp³-hybridized carbons (Fsp3) is 0.500. The van der Waals surface area contributed by atoms with Crippen LogP contribution in [0.15, 0.2) is 18.2 Å². The predicted molar refractivity (Wildman–Crippen MR) is 68.7 cm³/mol. The molecule has 4 nitrogen and oxygen atoms in total. The van der Waals surface area contributed by atoms with Crippen LogP contribution in [0, 0.1) is 6.92 Å².